The van der Waals surface area contributed by atoms with Crippen molar-refractivity contribution in [2.75, 3.05) is 27.4 Å². The molecular formula is C15H22BrNO3. The maximum Gasteiger partial charge on any atom is 0.136 e. The van der Waals surface area contributed by atoms with E-state index in [0.717, 1.165) is 41.0 Å². The summed E-state index contributed by atoms with van der Waals surface area (Å²) in [6, 6.07) is 4.20. The molecule has 112 valence electrons. The minimum Gasteiger partial charge on any atom is -0.496 e. The van der Waals surface area contributed by atoms with Gasteiger partial charge in [-0.3, -0.25) is 4.90 Å². The monoisotopic (exact) mass is 343 g/mol. The Hall–Kier alpha value is -0.780. The fraction of sp³-hybridized carbons (Fsp3) is 0.600. The van der Waals surface area contributed by atoms with E-state index in [1.807, 2.05) is 12.1 Å². The number of hydrogen-bond acceptors (Lipinski definition) is 4. The smallest absolute Gasteiger partial charge is 0.136 e. The first-order valence-corrected chi connectivity index (χ1v) is 7.74. The van der Waals surface area contributed by atoms with E-state index in [9.17, 15) is 5.11 Å². The lowest BCUT2D eigenvalue weighted by molar-refractivity contribution is 0.0834. The van der Waals surface area contributed by atoms with Crippen molar-refractivity contribution in [3.8, 4) is 11.5 Å². The summed E-state index contributed by atoms with van der Waals surface area (Å²) < 4.78 is 11.7. The van der Waals surface area contributed by atoms with E-state index < -0.39 is 0 Å². The Bertz CT molecular complexity index is 453. The highest BCUT2D eigenvalue weighted by Gasteiger charge is 2.23. The molecule has 0 unspecified atom stereocenters. The van der Waals surface area contributed by atoms with E-state index in [-0.39, 0.29) is 12.6 Å². The molecule has 0 spiro atoms. The van der Waals surface area contributed by atoms with Crippen LogP contribution in [0.3, 0.4) is 0 Å². The molecule has 0 aromatic heterocycles. The van der Waals surface area contributed by atoms with Crippen molar-refractivity contribution in [3.05, 3.63) is 22.2 Å². The van der Waals surface area contributed by atoms with E-state index in [2.05, 4.69) is 20.8 Å². The molecule has 20 heavy (non-hydrogen) atoms. The third kappa shape index (κ3) is 3.45. The Morgan fingerprint density at radius 3 is 2.65 bits per heavy atom. The van der Waals surface area contributed by atoms with Gasteiger partial charge in [0.05, 0.1) is 25.3 Å². The predicted molar refractivity (Wildman–Crippen MR) is 82.4 cm³/mol. The largest absolute Gasteiger partial charge is 0.496 e. The highest BCUT2D eigenvalue weighted by Crippen LogP contribution is 2.34. The first kappa shape index (κ1) is 15.6. The van der Waals surface area contributed by atoms with Crippen molar-refractivity contribution in [1.29, 1.82) is 0 Å². The summed E-state index contributed by atoms with van der Waals surface area (Å²) in [6.07, 6.45) is 3.46. The van der Waals surface area contributed by atoms with Crippen LogP contribution >= 0.6 is 15.9 Å². The van der Waals surface area contributed by atoms with Crippen molar-refractivity contribution in [2.24, 2.45) is 0 Å². The molecule has 4 nitrogen and oxygen atoms in total. The zero-order valence-corrected chi connectivity index (χ0v) is 13.6. The lowest BCUT2D eigenvalue weighted by Crippen LogP contribution is -2.41. The van der Waals surface area contributed by atoms with Gasteiger partial charge in [0.25, 0.3) is 0 Å². The molecule has 1 heterocycles. The highest BCUT2D eigenvalue weighted by molar-refractivity contribution is 9.10. The van der Waals surface area contributed by atoms with Crippen molar-refractivity contribution in [3.63, 3.8) is 0 Å². The maximum absolute atomic E-state index is 9.50. The average molecular weight is 344 g/mol. The fourth-order valence-electron chi connectivity index (χ4n) is 2.74. The quantitative estimate of drug-likeness (QED) is 0.892. The van der Waals surface area contributed by atoms with E-state index in [1.54, 1.807) is 14.2 Å². The van der Waals surface area contributed by atoms with Crippen LogP contribution in [-0.2, 0) is 6.54 Å². The highest BCUT2D eigenvalue weighted by atomic mass is 79.9. The summed E-state index contributed by atoms with van der Waals surface area (Å²) in [4.78, 5) is 2.33. The summed E-state index contributed by atoms with van der Waals surface area (Å²) in [6.45, 7) is 2.04. The van der Waals surface area contributed by atoms with Crippen LogP contribution in [0.4, 0.5) is 0 Å². The molecule has 0 bridgehead atoms. The molecule has 1 saturated heterocycles. The first-order chi connectivity index (χ1) is 9.69. The molecule has 1 aromatic carbocycles. The molecule has 2 rings (SSSR count). The van der Waals surface area contributed by atoms with E-state index in [4.69, 9.17) is 9.47 Å². The van der Waals surface area contributed by atoms with Gasteiger partial charge in [-0.1, -0.05) is 6.42 Å². The van der Waals surface area contributed by atoms with Gasteiger partial charge in [-0.05, 0) is 41.4 Å². The second-order valence-corrected chi connectivity index (χ2v) is 5.96. The molecule has 1 N–H and O–H groups in total. The Labute approximate surface area is 128 Å². The van der Waals surface area contributed by atoms with Gasteiger partial charge in [0, 0.05) is 24.2 Å². The molecular weight excluding hydrogens is 322 g/mol. The lowest BCUT2D eigenvalue weighted by Gasteiger charge is -2.34. The van der Waals surface area contributed by atoms with Crippen LogP contribution in [0.5, 0.6) is 11.5 Å². The molecule has 0 radical (unpaired) electrons. The molecule has 1 aromatic rings. The van der Waals surface area contributed by atoms with Crippen LogP contribution in [-0.4, -0.2) is 43.4 Å². The molecule has 1 fully saturated rings. The molecule has 5 heteroatoms. The summed E-state index contributed by atoms with van der Waals surface area (Å²) in [7, 11) is 3.32. The summed E-state index contributed by atoms with van der Waals surface area (Å²) in [5, 5.41) is 9.50. The normalized spacial score (nSPS) is 19.9. The Balaban J connectivity index is 2.21. The third-order valence-corrected chi connectivity index (χ3v) is 4.51. The van der Waals surface area contributed by atoms with E-state index >= 15 is 0 Å². The van der Waals surface area contributed by atoms with Crippen molar-refractivity contribution < 1.29 is 14.6 Å². The SMILES string of the molecule is COc1cc(OC)c(CN2CCCC[C@@H]2CO)cc1Br. The topological polar surface area (TPSA) is 41.9 Å². The Morgan fingerprint density at radius 2 is 2.00 bits per heavy atom. The van der Waals surface area contributed by atoms with E-state index in [1.165, 1.54) is 12.8 Å². The number of nitrogens with zero attached hydrogens (tertiary/aromatic N) is 1. The van der Waals surface area contributed by atoms with Gasteiger partial charge < -0.3 is 14.6 Å². The maximum atomic E-state index is 9.50. The molecule has 0 aliphatic carbocycles. The van der Waals surface area contributed by atoms with Crippen molar-refractivity contribution in [1.82, 2.24) is 4.90 Å². The number of rotatable bonds is 5. The van der Waals surface area contributed by atoms with Gasteiger partial charge in [0.15, 0.2) is 0 Å². The Morgan fingerprint density at radius 1 is 1.25 bits per heavy atom. The van der Waals surface area contributed by atoms with Gasteiger partial charge in [-0.2, -0.15) is 0 Å². The van der Waals surface area contributed by atoms with Crippen molar-refractivity contribution >= 4 is 15.9 Å². The first-order valence-electron chi connectivity index (χ1n) is 6.95. The number of hydrogen-bond donors (Lipinski definition) is 1. The summed E-state index contributed by atoms with van der Waals surface area (Å²) in [5.74, 6) is 1.59. The number of benzene rings is 1. The molecule has 1 aliphatic rings. The minimum atomic E-state index is 0.222. The number of aliphatic hydroxyl groups excluding tert-OH is 1. The number of aliphatic hydroxyl groups is 1. The van der Waals surface area contributed by atoms with Crippen molar-refractivity contribution in [2.45, 2.75) is 31.8 Å². The molecule has 0 amide bonds. The second kappa shape index (κ2) is 7.29. The zero-order valence-electron chi connectivity index (χ0n) is 12.1. The van der Waals surface area contributed by atoms with Crippen LogP contribution in [0.1, 0.15) is 24.8 Å². The van der Waals surface area contributed by atoms with Gasteiger partial charge in [-0.15, -0.1) is 0 Å². The number of likely N-dealkylation sites (tertiary alicyclic amines) is 1. The van der Waals surface area contributed by atoms with Crippen LogP contribution in [0, 0.1) is 0 Å². The van der Waals surface area contributed by atoms with Gasteiger partial charge >= 0.3 is 0 Å². The average Bonchev–Trinajstić information content (AvgIpc) is 2.48. The standard InChI is InChI=1S/C15H22BrNO3/c1-19-14-8-15(20-2)13(16)7-11(14)9-17-6-4-3-5-12(17)10-18/h7-8,12,18H,3-6,9-10H2,1-2H3/t12-/m1/s1. The predicted octanol–water partition coefficient (Wildman–Crippen LogP) is 2.81. The number of methoxy groups -OCH3 is 2. The third-order valence-electron chi connectivity index (χ3n) is 3.89. The fourth-order valence-corrected chi connectivity index (χ4v) is 3.29. The summed E-state index contributed by atoms with van der Waals surface area (Å²) >= 11 is 3.52. The number of piperidine rings is 1. The molecule has 0 saturated carbocycles. The second-order valence-electron chi connectivity index (χ2n) is 5.10. The molecule has 1 atom stereocenters. The van der Waals surface area contributed by atoms with Crippen LogP contribution < -0.4 is 9.47 Å². The van der Waals surface area contributed by atoms with Gasteiger partial charge in [0.2, 0.25) is 0 Å². The van der Waals surface area contributed by atoms with Crippen LogP contribution in [0.15, 0.2) is 16.6 Å². The Kier molecular flexibility index (Phi) is 5.69. The number of halogens is 1. The number of ether oxygens (including phenoxy) is 2. The summed E-state index contributed by atoms with van der Waals surface area (Å²) in [5.41, 5.74) is 1.11. The van der Waals surface area contributed by atoms with Gasteiger partial charge in [0.1, 0.15) is 11.5 Å². The zero-order chi connectivity index (χ0) is 14.5. The minimum absolute atomic E-state index is 0.222. The van der Waals surface area contributed by atoms with Gasteiger partial charge in [-0.25, -0.2) is 0 Å². The lowest BCUT2D eigenvalue weighted by atomic mass is 10.0. The molecule has 1 aliphatic heterocycles. The van der Waals surface area contributed by atoms with Crippen LogP contribution in [0.25, 0.3) is 0 Å². The van der Waals surface area contributed by atoms with E-state index in [0.29, 0.717) is 0 Å². The van der Waals surface area contributed by atoms with Crippen LogP contribution in [0.2, 0.25) is 0 Å².